The van der Waals surface area contributed by atoms with Gasteiger partial charge in [-0.2, -0.15) is 0 Å². The second-order valence-electron chi connectivity index (χ2n) is 4.80. The quantitative estimate of drug-likeness (QED) is 0.659. The number of methoxy groups -OCH3 is 1. The average Bonchev–Trinajstić information content (AvgIpc) is 2.46. The Kier molecular flexibility index (Phi) is 5.08. The van der Waals surface area contributed by atoms with Crippen LogP contribution in [0, 0.1) is 10.1 Å². The van der Waals surface area contributed by atoms with Gasteiger partial charge in [0, 0.05) is 41.0 Å². The maximum Gasteiger partial charge on any atom is 0.273 e. The number of nitrogens with one attached hydrogen (secondary N) is 1. The van der Waals surface area contributed by atoms with Gasteiger partial charge in [-0.15, -0.1) is 0 Å². The molecule has 1 N–H and O–H groups in total. The van der Waals surface area contributed by atoms with Gasteiger partial charge in [0.2, 0.25) is 0 Å². The van der Waals surface area contributed by atoms with Crippen molar-refractivity contribution in [2.45, 2.75) is 25.4 Å². The zero-order valence-corrected chi connectivity index (χ0v) is 12.1. The minimum Gasteiger partial charge on any atom is -0.496 e. The molecule has 6 nitrogen and oxygen atoms in total. The van der Waals surface area contributed by atoms with E-state index in [0.717, 1.165) is 29.9 Å². The van der Waals surface area contributed by atoms with Crippen LogP contribution in [0.2, 0.25) is 0 Å². The molecule has 1 aromatic carbocycles. The first-order valence-corrected chi connectivity index (χ1v) is 7.98. The first-order chi connectivity index (χ1) is 9.58. The zero-order valence-electron chi connectivity index (χ0n) is 11.3. The van der Waals surface area contributed by atoms with Gasteiger partial charge in [-0.3, -0.25) is 14.3 Å². The van der Waals surface area contributed by atoms with E-state index in [1.165, 1.54) is 13.2 Å². The summed E-state index contributed by atoms with van der Waals surface area (Å²) >= 11 is 0. The van der Waals surface area contributed by atoms with Gasteiger partial charge in [-0.1, -0.05) is 0 Å². The summed E-state index contributed by atoms with van der Waals surface area (Å²) in [6.45, 7) is 0.551. The number of ether oxygens (including phenoxy) is 1. The molecule has 0 spiro atoms. The van der Waals surface area contributed by atoms with E-state index >= 15 is 0 Å². The Hall–Kier alpha value is -1.47. The van der Waals surface area contributed by atoms with Crippen LogP contribution in [-0.2, 0) is 17.3 Å². The van der Waals surface area contributed by atoms with Crippen LogP contribution in [0.4, 0.5) is 5.69 Å². The third kappa shape index (κ3) is 4.01. The predicted octanol–water partition coefficient (Wildman–Crippen LogP) is 1.60. The molecular weight excluding hydrogens is 280 g/mol. The van der Waals surface area contributed by atoms with Crippen molar-refractivity contribution in [3.8, 4) is 5.75 Å². The minimum absolute atomic E-state index is 0.0332. The van der Waals surface area contributed by atoms with Crippen LogP contribution in [0.15, 0.2) is 18.2 Å². The molecule has 20 heavy (non-hydrogen) atoms. The lowest BCUT2D eigenvalue weighted by Crippen LogP contribution is -2.35. The third-order valence-electron chi connectivity index (χ3n) is 3.38. The third-order valence-corrected chi connectivity index (χ3v) is 4.76. The van der Waals surface area contributed by atoms with Crippen molar-refractivity contribution >= 4 is 16.5 Å². The van der Waals surface area contributed by atoms with Crippen molar-refractivity contribution in [2.75, 3.05) is 18.6 Å². The van der Waals surface area contributed by atoms with Crippen LogP contribution in [0.5, 0.6) is 5.75 Å². The Morgan fingerprint density at radius 3 is 2.70 bits per heavy atom. The van der Waals surface area contributed by atoms with Crippen molar-refractivity contribution in [1.82, 2.24) is 5.32 Å². The summed E-state index contributed by atoms with van der Waals surface area (Å²) < 4.78 is 16.4. The molecule has 0 atom stereocenters. The van der Waals surface area contributed by atoms with E-state index in [1.54, 1.807) is 12.1 Å². The number of rotatable bonds is 5. The second kappa shape index (κ2) is 6.81. The first-order valence-electron chi connectivity index (χ1n) is 6.49. The van der Waals surface area contributed by atoms with Crippen LogP contribution in [0.25, 0.3) is 0 Å². The highest BCUT2D eigenvalue weighted by Crippen LogP contribution is 2.22. The lowest BCUT2D eigenvalue weighted by molar-refractivity contribution is -0.385. The number of nitro benzene ring substituents is 1. The monoisotopic (exact) mass is 298 g/mol. The summed E-state index contributed by atoms with van der Waals surface area (Å²) in [5, 5.41) is 14.2. The molecule has 0 radical (unpaired) electrons. The highest BCUT2D eigenvalue weighted by molar-refractivity contribution is 7.85. The smallest absolute Gasteiger partial charge is 0.273 e. The molecule has 0 unspecified atom stereocenters. The molecule has 1 aliphatic heterocycles. The van der Waals surface area contributed by atoms with E-state index in [0.29, 0.717) is 18.3 Å². The molecule has 0 aliphatic carbocycles. The Morgan fingerprint density at radius 2 is 2.10 bits per heavy atom. The topological polar surface area (TPSA) is 81.5 Å². The Bertz CT molecular complexity index is 511. The van der Waals surface area contributed by atoms with Crippen molar-refractivity contribution in [3.05, 3.63) is 33.9 Å². The molecule has 110 valence electrons. The van der Waals surface area contributed by atoms with Crippen molar-refractivity contribution in [2.24, 2.45) is 0 Å². The molecule has 1 heterocycles. The molecule has 0 saturated carbocycles. The summed E-state index contributed by atoms with van der Waals surface area (Å²) in [6.07, 6.45) is 1.78. The molecule has 1 aromatic rings. The molecule has 7 heteroatoms. The fourth-order valence-electron chi connectivity index (χ4n) is 2.23. The highest BCUT2D eigenvalue weighted by atomic mass is 32.2. The Balaban J connectivity index is 1.99. The fraction of sp³-hybridized carbons (Fsp3) is 0.538. The van der Waals surface area contributed by atoms with E-state index < -0.39 is 15.7 Å². The van der Waals surface area contributed by atoms with Crippen molar-refractivity contribution in [3.63, 3.8) is 0 Å². The van der Waals surface area contributed by atoms with Gasteiger partial charge in [-0.25, -0.2) is 0 Å². The zero-order chi connectivity index (χ0) is 14.5. The molecule has 1 saturated heterocycles. The van der Waals surface area contributed by atoms with Gasteiger partial charge < -0.3 is 10.1 Å². The minimum atomic E-state index is -0.673. The van der Waals surface area contributed by atoms with Gasteiger partial charge in [0.15, 0.2) is 0 Å². The number of benzene rings is 1. The number of hydrogen-bond donors (Lipinski definition) is 1. The van der Waals surface area contributed by atoms with Crippen LogP contribution in [0.1, 0.15) is 18.4 Å². The largest absolute Gasteiger partial charge is 0.496 e. The predicted molar refractivity (Wildman–Crippen MR) is 77.4 cm³/mol. The van der Waals surface area contributed by atoms with Gasteiger partial charge in [0.25, 0.3) is 5.69 Å². The van der Waals surface area contributed by atoms with Crippen LogP contribution in [-0.4, -0.2) is 33.8 Å². The van der Waals surface area contributed by atoms with E-state index in [2.05, 4.69) is 5.32 Å². The number of nitro groups is 1. The van der Waals surface area contributed by atoms with Crippen LogP contribution < -0.4 is 10.1 Å². The Labute approximate surface area is 120 Å². The summed E-state index contributed by atoms with van der Waals surface area (Å²) in [5.74, 6) is 1.95. The molecule has 1 fully saturated rings. The summed E-state index contributed by atoms with van der Waals surface area (Å²) in [5.41, 5.74) is 0.855. The molecule has 2 rings (SSSR count). The molecular formula is C13H18N2O4S. The van der Waals surface area contributed by atoms with Gasteiger partial charge in [0.05, 0.1) is 18.1 Å². The lowest BCUT2D eigenvalue weighted by atomic mass is 10.1. The summed E-state index contributed by atoms with van der Waals surface area (Å²) in [7, 11) is 0.820. The van der Waals surface area contributed by atoms with E-state index in [1.807, 2.05) is 0 Å². The second-order valence-corrected chi connectivity index (χ2v) is 6.50. The lowest BCUT2D eigenvalue weighted by Gasteiger charge is -2.22. The van der Waals surface area contributed by atoms with E-state index in [9.17, 15) is 14.3 Å². The summed E-state index contributed by atoms with van der Waals surface area (Å²) in [4.78, 5) is 10.4. The average molecular weight is 298 g/mol. The highest BCUT2D eigenvalue weighted by Gasteiger charge is 2.17. The maximum absolute atomic E-state index is 11.3. The molecule has 1 aliphatic rings. The number of nitrogens with zero attached hydrogens (tertiary/aromatic N) is 1. The van der Waals surface area contributed by atoms with Crippen molar-refractivity contribution < 1.29 is 13.9 Å². The molecule has 0 bridgehead atoms. The maximum atomic E-state index is 11.3. The number of hydrogen-bond acceptors (Lipinski definition) is 5. The van der Waals surface area contributed by atoms with Crippen LogP contribution in [0.3, 0.4) is 0 Å². The van der Waals surface area contributed by atoms with Crippen molar-refractivity contribution in [1.29, 1.82) is 0 Å². The first kappa shape index (κ1) is 14.9. The molecule has 0 amide bonds. The summed E-state index contributed by atoms with van der Waals surface area (Å²) in [6, 6.07) is 5.09. The van der Waals surface area contributed by atoms with E-state index in [4.69, 9.17) is 4.74 Å². The Morgan fingerprint density at radius 1 is 1.40 bits per heavy atom. The van der Waals surface area contributed by atoms with Gasteiger partial charge >= 0.3 is 0 Å². The SMILES string of the molecule is COc1cc(CNC2CCS(=O)CC2)cc([N+](=O)[O-])c1. The standard InChI is InChI=1S/C13H18N2O4S/c1-19-13-7-10(6-12(8-13)15(16)17)9-14-11-2-4-20(18)5-3-11/h6-8,11,14H,2-5,9H2,1H3. The fourth-order valence-corrected chi connectivity index (χ4v) is 3.53. The van der Waals surface area contributed by atoms with Gasteiger partial charge in [-0.05, 0) is 24.5 Å². The number of non-ortho nitro benzene ring substituents is 1. The van der Waals surface area contributed by atoms with Gasteiger partial charge in [0.1, 0.15) is 5.75 Å². The normalized spacial score (nSPS) is 22.4. The van der Waals surface area contributed by atoms with Crippen LogP contribution >= 0.6 is 0 Å². The van der Waals surface area contributed by atoms with E-state index in [-0.39, 0.29) is 5.69 Å². The molecule has 0 aromatic heterocycles.